The summed E-state index contributed by atoms with van der Waals surface area (Å²) < 4.78 is 39.0. The molecule has 1 atom stereocenters. The second-order valence-corrected chi connectivity index (χ2v) is 11.0. The number of anilines is 1. The summed E-state index contributed by atoms with van der Waals surface area (Å²) in [6, 6.07) is 14.2. The van der Waals surface area contributed by atoms with Crippen LogP contribution < -0.4 is 9.62 Å². The Morgan fingerprint density at radius 1 is 0.971 bits per heavy atom. The maximum atomic E-state index is 13.3. The Balaban J connectivity index is 2.09. The second-order valence-electron chi connectivity index (χ2n) is 9.05. The summed E-state index contributed by atoms with van der Waals surface area (Å²) in [5, 5.41) is 2.88. The van der Waals surface area contributed by atoms with Gasteiger partial charge in [0.1, 0.15) is 11.9 Å². The lowest BCUT2D eigenvalue weighted by Gasteiger charge is -2.29. The van der Waals surface area contributed by atoms with Gasteiger partial charge in [-0.2, -0.15) is 0 Å². The minimum Gasteiger partial charge on any atom is -0.354 e. The Hall–Kier alpha value is -2.94. The van der Waals surface area contributed by atoms with Crippen LogP contribution in [0.15, 0.2) is 54.6 Å². The first kappa shape index (κ1) is 28.3. The molecule has 0 saturated heterocycles. The molecule has 2 aromatic rings. The number of carbonyl (C=O) groups excluding carboxylic acids is 2. The van der Waals surface area contributed by atoms with Crippen LogP contribution in [0.4, 0.5) is 10.1 Å². The van der Waals surface area contributed by atoms with Gasteiger partial charge in [0.2, 0.25) is 21.8 Å². The minimum absolute atomic E-state index is 0.0661. The first-order valence-electron chi connectivity index (χ1n) is 11.8. The molecule has 0 unspecified atom stereocenters. The lowest BCUT2D eigenvalue weighted by Crippen LogP contribution is -2.49. The molecule has 0 heterocycles. The SMILES string of the molecule is CC(C)CNC(=O)[C@@H](C)N(CCc1ccccc1)C(=O)CCCN(c1ccc(F)cc1)S(C)(=O)=O. The summed E-state index contributed by atoms with van der Waals surface area (Å²) in [4.78, 5) is 27.5. The second kappa shape index (κ2) is 13.2. The fourth-order valence-electron chi connectivity index (χ4n) is 3.63. The standard InChI is InChI=1S/C26H36FN3O4S/c1-20(2)19-28-26(32)21(3)29(18-16-22-9-6-5-7-10-22)25(31)11-8-17-30(35(4,33)34)24-14-12-23(27)13-15-24/h5-7,9-10,12-15,20-21H,8,11,16-19H2,1-4H3,(H,28,32)/t21-/m1/s1. The molecule has 0 radical (unpaired) electrons. The van der Waals surface area contributed by atoms with Crippen LogP contribution in [0.1, 0.15) is 39.2 Å². The lowest BCUT2D eigenvalue weighted by molar-refractivity contribution is -0.140. The topological polar surface area (TPSA) is 86.8 Å². The monoisotopic (exact) mass is 505 g/mol. The third-order valence-electron chi connectivity index (χ3n) is 5.60. The maximum absolute atomic E-state index is 13.3. The fourth-order valence-corrected chi connectivity index (χ4v) is 4.60. The smallest absolute Gasteiger partial charge is 0.242 e. The molecule has 0 saturated carbocycles. The summed E-state index contributed by atoms with van der Waals surface area (Å²) in [6.45, 7) is 6.66. The summed E-state index contributed by atoms with van der Waals surface area (Å²) >= 11 is 0. The van der Waals surface area contributed by atoms with Crippen LogP contribution in [-0.4, -0.2) is 57.1 Å². The van der Waals surface area contributed by atoms with Gasteiger partial charge in [0.15, 0.2) is 0 Å². The number of amides is 2. The van der Waals surface area contributed by atoms with Crippen molar-refractivity contribution in [3.8, 4) is 0 Å². The number of sulfonamides is 1. The van der Waals surface area contributed by atoms with E-state index in [0.29, 0.717) is 25.2 Å². The summed E-state index contributed by atoms with van der Waals surface area (Å²) in [5.74, 6) is -0.617. The van der Waals surface area contributed by atoms with E-state index in [-0.39, 0.29) is 37.1 Å². The van der Waals surface area contributed by atoms with Gasteiger partial charge in [0.05, 0.1) is 11.9 Å². The number of halogens is 1. The zero-order chi connectivity index (χ0) is 26.0. The Bertz CT molecular complexity index is 1060. The normalized spacial score (nSPS) is 12.3. The molecule has 35 heavy (non-hydrogen) atoms. The molecule has 0 aliphatic heterocycles. The molecular weight excluding hydrogens is 469 g/mol. The number of carbonyl (C=O) groups is 2. The van der Waals surface area contributed by atoms with Gasteiger partial charge >= 0.3 is 0 Å². The Morgan fingerprint density at radius 3 is 2.17 bits per heavy atom. The lowest BCUT2D eigenvalue weighted by atomic mass is 10.1. The van der Waals surface area contributed by atoms with E-state index in [1.807, 2.05) is 44.2 Å². The third-order valence-corrected chi connectivity index (χ3v) is 6.80. The minimum atomic E-state index is -3.62. The predicted octanol–water partition coefficient (Wildman–Crippen LogP) is 3.60. The Kier molecular flexibility index (Phi) is 10.7. The van der Waals surface area contributed by atoms with Crippen LogP contribution >= 0.6 is 0 Å². The van der Waals surface area contributed by atoms with E-state index in [9.17, 15) is 22.4 Å². The quantitative estimate of drug-likeness (QED) is 0.451. The molecule has 9 heteroatoms. The van der Waals surface area contributed by atoms with Gasteiger partial charge in [-0.3, -0.25) is 13.9 Å². The fraction of sp³-hybridized carbons (Fsp3) is 0.462. The van der Waals surface area contributed by atoms with E-state index in [4.69, 9.17) is 0 Å². The average Bonchev–Trinajstić information content (AvgIpc) is 2.81. The van der Waals surface area contributed by atoms with Crippen LogP contribution in [0.5, 0.6) is 0 Å². The highest BCUT2D eigenvalue weighted by Gasteiger charge is 2.26. The van der Waals surface area contributed by atoms with Crippen molar-refractivity contribution in [2.75, 3.05) is 30.2 Å². The van der Waals surface area contributed by atoms with Gasteiger partial charge in [-0.25, -0.2) is 12.8 Å². The predicted molar refractivity (Wildman–Crippen MR) is 137 cm³/mol. The molecule has 0 aliphatic rings. The van der Waals surface area contributed by atoms with Gasteiger partial charge in [0, 0.05) is 26.1 Å². The number of nitrogens with one attached hydrogen (secondary N) is 1. The molecule has 192 valence electrons. The van der Waals surface area contributed by atoms with Crippen LogP contribution in [-0.2, 0) is 26.0 Å². The number of hydrogen-bond donors (Lipinski definition) is 1. The van der Waals surface area contributed by atoms with Crippen LogP contribution in [0.25, 0.3) is 0 Å². The first-order valence-corrected chi connectivity index (χ1v) is 13.7. The zero-order valence-electron chi connectivity index (χ0n) is 20.9. The first-order chi connectivity index (χ1) is 16.5. The van der Waals surface area contributed by atoms with Gasteiger partial charge in [-0.05, 0) is 55.5 Å². The van der Waals surface area contributed by atoms with Crippen molar-refractivity contribution in [2.45, 2.75) is 46.1 Å². The average molecular weight is 506 g/mol. The molecule has 0 aliphatic carbocycles. The zero-order valence-corrected chi connectivity index (χ0v) is 21.7. The van der Waals surface area contributed by atoms with Gasteiger partial charge in [-0.15, -0.1) is 0 Å². The van der Waals surface area contributed by atoms with Gasteiger partial charge in [-0.1, -0.05) is 44.2 Å². The number of benzene rings is 2. The van der Waals surface area contributed by atoms with Gasteiger partial charge in [0.25, 0.3) is 0 Å². The Labute approximate surface area is 208 Å². The molecular formula is C26H36FN3O4S. The molecule has 1 N–H and O–H groups in total. The van der Waals surface area contributed by atoms with Crippen LogP contribution in [0, 0.1) is 11.7 Å². The van der Waals surface area contributed by atoms with E-state index in [1.165, 1.54) is 24.3 Å². The van der Waals surface area contributed by atoms with E-state index in [1.54, 1.807) is 11.8 Å². The highest BCUT2D eigenvalue weighted by Crippen LogP contribution is 2.19. The van der Waals surface area contributed by atoms with Crippen LogP contribution in [0.2, 0.25) is 0 Å². The van der Waals surface area contributed by atoms with E-state index < -0.39 is 21.9 Å². The van der Waals surface area contributed by atoms with Crippen LogP contribution in [0.3, 0.4) is 0 Å². The number of nitrogens with zero attached hydrogens (tertiary/aromatic N) is 2. The van der Waals surface area contributed by atoms with Crippen molar-refractivity contribution in [1.82, 2.24) is 10.2 Å². The molecule has 0 aromatic heterocycles. The Morgan fingerprint density at radius 2 is 1.60 bits per heavy atom. The van der Waals surface area contributed by atoms with Crippen molar-refractivity contribution in [1.29, 1.82) is 0 Å². The molecule has 2 amide bonds. The van der Waals surface area contributed by atoms with Crippen molar-refractivity contribution in [3.63, 3.8) is 0 Å². The largest absolute Gasteiger partial charge is 0.354 e. The summed E-state index contributed by atoms with van der Waals surface area (Å²) in [5.41, 5.74) is 1.39. The molecule has 2 aromatic carbocycles. The maximum Gasteiger partial charge on any atom is 0.242 e. The van der Waals surface area contributed by atoms with Crippen molar-refractivity contribution in [3.05, 3.63) is 66.0 Å². The van der Waals surface area contributed by atoms with Crippen molar-refractivity contribution >= 4 is 27.5 Å². The number of rotatable bonds is 13. The molecule has 7 nitrogen and oxygen atoms in total. The van der Waals surface area contributed by atoms with E-state index in [2.05, 4.69) is 5.32 Å². The third kappa shape index (κ3) is 9.32. The molecule has 0 spiro atoms. The van der Waals surface area contributed by atoms with Gasteiger partial charge < -0.3 is 10.2 Å². The van der Waals surface area contributed by atoms with E-state index in [0.717, 1.165) is 16.1 Å². The molecule has 2 rings (SSSR count). The molecule has 0 fully saturated rings. The summed E-state index contributed by atoms with van der Waals surface area (Å²) in [6.07, 6.45) is 2.00. The number of hydrogen-bond acceptors (Lipinski definition) is 4. The van der Waals surface area contributed by atoms with Crippen molar-refractivity contribution < 1.29 is 22.4 Å². The molecule has 0 bridgehead atoms. The highest BCUT2D eigenvalue weighted by atomic mass is 32.2. The van der Waals surface area contributed by atoms with E-state index >= 15 is 0 Å². The highest BCUT2D eigenvalue weighted by molar-refractivity contribution is 7.92. The van der Waals surface area contributed by atoms with Crippen molar-refractivity contribution in [2.24, 2.45) is 5.92 Å². The summed E-state index contributed by atoms with van der Waals surface area (Å²) in [7, 11) is -3.62.